The number of fused-ring (bicyclic) bond motifs is 1. The first-order chi connectivity index (χ1) is 5.40. The van der Waals surface area contributed by atoms with E-state index in [2.05, 4.69) is 11.8 Å². The molecule has 4 bridgehead atoms. The first-order valence-electron chi connectivity index (χ1n) is 4.57. The number of rotatable bonds is 0. The molecule has 11 heavy (non-hydrogen) atoms. The van der Waals surface area contributed by atoms with E-state index in [4.69, 9.17) is 0 Å². The Kier molecular flexibility index (Phi) is 1.01. The lowest BCUT2D eigenvalue weighted by Crippen LogP contribution is -2.08. The molecular formula is C11H12. The fraction of sp³-hybridized carbons (Fsp3) is 0.545. The predicted molar refractivity (Wildman–Crippen MR) is 45.2 cm³/mol. The van der Waals surface area contributed by atoms with Gasteiger partial charge in [0.25, 0.3) is 0 Å². The summed E-state index contributed by atoms with van der Waals surface area (Å²) < 4.78 is 0. The third-order valence-electron chi connectivity index (χ3n) is 3.06. The molecule has 0 amide bonds. The molecule has 0 saturated heterocycles. The molecule has 0 aliphatic heterocycles. The van der Waals surface area contributed by atoms with E-state index in [0.29, 0.717) is 0 Å². The van der Waals surface area contributed by atoms with Gasteiger partial charge in [-0.05, 0) is 49.2 Å². The smallest absolute Gasteiger partial charge is 0.00284 e. The quantitative estimate of drug-likeness (QED) is 0.458. The summed E-state index contributed by atoms with van der Waals surface area (Å²) in [6.45, 7) is 0. The maximum atomic E-state index is 3.53. The van der Waals surface area contributed by atoms with Gasteiger partial charge in [0, 0.05) is 0 Å². The summed E-state index contributed by atoms with van der Waals surface area (Å²) in [7, 11) is 0. The van der Waals surface area contributed by atoms with Gasteiger partial charge < -0.3 is 0 Å². The maximum absolute atomic E-state index is 3.53. The van der Waals surface area contributed by atoms with Crippen LogP contribution < -0.4 is 0 Å². The summed E-state index contributed by atoms with van der Waals surface area (Å²) in [5.74, 6) is 0.970. The highest BCUT2D eigenvalue weighted by Crippen LogP contribution is 2.41. The van der Waals surface area contributed by atoms with E-state index >= 15 is 0 Å². The van der Waals surface area contributed by atoms with Crippen LogP contribution in [0.25, 0.3) is 0 Å². The molecular weight excluding hydrogens is 132 g/mol. The van der Waals surface area contributed by atoms with Gasteiger partial charge in [-0.3, -0.25) is 0 Å². The highest BCUT2D eigenvalue weighted by Gasteiger charge is 2.25. The summed E-state index contributed by atoms with van der Waals surface area (Å²) in [5, 5.41) is 0. The Bertz CT molecular complexity index is 298. The second-order valence-electron chi connectivity index (χ2n) is 4.05. The van der Waals surface area contributed by atoms with Crippen LogP contribution in [0.4, 0.5) is 0 Å². The van der Waals surface area contributed by atoms with Crippen LogP contribution in [0, 0.1) is 5.92 Å². The topological polar surface area (TPSA) is 0 Å². The van der Waals surface area contributed by atoms with Crippen molar-refractivity contribution in [3.63, 3.8) is 0 Å². The molecule has 0 spiro atoms. The summed E-state index contributed by atoms with van der Waals surface area (Å²) in [6, 6.07) is 0. The summed E-state index contributed by atoms with van der Waals surface area (Å²) in [5.41, 5.74) is 8.29. The summed E-state index contributed by atoms with van der Waals surface area (Å²) in [4.78, 5) is 0. The van der Waals surface area contributed by atoms with Crippen molar-refractivity contribution in [2.24, 2.45) is 5.92 Å². The van der Waals surface area contributed by atoms with E-state index in [1.807, 2.05) is 0 Å². The fourth-order valence-electron chi connectivity index (χ4n) is 2.62. The van der Waals surface area contributed by atoms with Crippen LogP contribution in [-0.2, 0) is 0 Å². The van der Waals surface area contributed by atoms with E-state index in [1.54, 1.807) is 11.1 Å². The van der Waals surface area contributed by atoms with Crippen LogP contribution in [-0.4, -0.2) is 0 Å². The van der Waals surface area contributed by atoms with Crippen molar-refractivity contribution >= 4 is 0 Å². The zero-order chi connectivity index (χ0) is 7.26. The van der Waals surface area contributed by atoms with Gasteiger partial charge in [-0.25, -0.2) is 0 Å². The Morgan fingerprint density at radius 3 is 3.27 bits per heavy atom. The van der Waals surface area contributed by atoms with Crippen LogP contribution in [0.1, 0.15) is 32.1 Å². The monoisotopic (exact) mass is 144 g/mol. The minimum atomic E-state index is 0.970. The van der Waals surface area contributed by atoms with Crippen LogP contribution >= 0.6 is 0 Å². The van der Waals surface area contributed by atoms with Gasteiger partial charge in [-0.2, -0.15) is 0 Å². The molecule has 4 rings (SSSR count). The standard InChI is InChI=1S/C11H12/c1-2-9-5-10-3-8(1)4-11(6-9)7-10/h3,9H,1-2,5-7H2/t9-/m1/s1. The van der Waals surface area contributed by atoms with Crippen molar-refractivity contribution in [1.82, 2.24) is 0 Å². The van der Waals surface area contributed by atoms with E-state index in [-0.39, 0.29) is 0 Å². The van der Waals surface area contributed by atoms with E-state index in [0.717, 1.165) is 5.92 Å². The number of hydrogen-bond donors (Lipinski definition) is 0. The second-order valence-corrected chi connectivity index (χ2v) is 4.05. The first kappa shape index (κ1) is 5.85. The molecule has 4 aliphatic rings. The fourth-order valence-corrected chi connectivity index (χ4v) is 2.62. The van der Waals surface area contributed by atoms with Crippen molar-refractivity contribution in [1.29, 1.82) is 0 Å². The zero-order valence-electron chi connectivity index (χ0n) is 6.69. The molecule has 0 radical (unpaired) electrons. The molecule has 0 N–H and O–H groups in total. The van der Waals surface area contributed by atoms with Crippen molar-refractivity contribution in [2.75, 3.05) is 0 Å². The molecule has 0 aromatic carbocycles. The highest BCUT2D eigenvalue weighted by molar-refractivity contribution is 5.37. The van der Waals surface area contributed by atoms with Gasteiger partial charge in [0.1, 0.15) is 0 Å². The Labute approximate surface area is 67.3 Å². The Morgan fingerprint density at radius 1 is 1.36 bits per heavy atom. The average Bonchev–Trinajstić information content (AvgIpc) is 2.18. The molecule has 1 atom stereocenters. The molecule has 0 heteroatoms. The predicted octanol–water partition coefficient (Wildman–Crippen LogP) is 2.97. The Morgan fingerprint density at radius 2 is 2.36 bits per heavy atom. The van der Waals surface area contributed by atoms with Crippen LogP contribution in [0.3, 0.4) is 0 Å². The average molecular weight is 144 g/mol. The Balaban J connectivity index is 2.20. The number of allylic oxidation sites excluding steroid dienone is 3. The first-order valence-corrected chi connectivity index (χ1v) is 4.57. The second kappa shape index (κ2) is 1.89. The van der Waals surface area contributed by atoms with Gasteiger partial charge in [0.2, 0.25) is 0 Å². The summed E-state index contributed by atoms with van der Waals surface area (Å²) in [6.07, 6.45) is 9.07. The normalized spacial score (nSPS) is 32.7. The van der Waals surface area contributed by atoms with Crippen molar-refractivity contribution in [2.45, 2.75) is 32.1 Å². The Hall–Kier alpha value is -0.740. The third-order valence-corrected chi connectivity index (χ3v) is 3.06. The van der Waals surface area contributed by atoms with Crippen LogP contribution in [0.5, 0.6) is 0 Å². The third kappa shape index (κ3) is 0.829. The molecule has 4 aliphatic carbocycles. The highest BCUT2D eigenvalue weighted by atomic mass is 14.3. The minimum Gasteiger partial charge on any atom is -0.118 e. The molecule has 0 aromatic rings. The molecule has 1 saturated carbocycles. The molecule has 1 fully saturated rings. The molecule has 0 unspecified atom stereocenters. The van der Waals surface area contributed by atoms with Crippen molar-refractivity contribution in [3.05, 3.63) is 28.5 Å². The number of hydrogen-bond acceptors (Lipinski definition) is 0. The van der Waals surface area contributed by atoms with Gasteiger partial charge in [0.15, 0.2) is 0 Å². The van der Waals surface area contributed by atoms with E-state index in [9.17, 15) is 0 Å². The summed E-state index contributed by atoms with van der Waals surface area (Å²) >= 11 is 0. The van der Waals surface area contributed by atoms with Gasteiger partial charge >= 0.3 is 0 Å². The van der Waals surface area contributed by atoms with Gasteiger partial charge in [-0.15, -0.1) is 5.73 Å². The molecule has 56 valence electrons. The van der Waals surface area contributed by atoms with Gasteiger partial charge in [-0.1, -0.05) is 11.6 Å². The lowest BCUT2D eigenvalue weighted by molar-refractivity contribution is 0.460. The zero-order valence-corrected chi connectivity index (χ0v) is 6.69. The van der Waals surface area contributed by atoms with Crippen LogP contribution in [0.15, 0.2) is 28.5 Å². The van der Waals surface area contributed by atoms with E-state index in [1.165, 1.54) is 37.7 Å². The molecule has 0 aromatic heterocycles. The SMILES string of the molecule is C1=C2C=C3CC=1C[C@H](CC2)C3. The largest absolute Gasteiger partial charge is 0.118 e. The maximum Gasteiger partial charge on any atom is -0.00284 e. The van der Waals surface area contributed by atoms with Crippen molar-refractivity contribution < 1.29 is 0 Å². The lowest BCUT2D eigenvalue weighted by Gasteiger charge is -2.23. The molecule has 0 heterocycles. The van der Waals surface area contributed by atoms with Crippen molar-refractivity contribution in [3.8, 4) is 0 Å². The van der Waals surface area contributed by atoms with Crippen LogP contribution in [0.2, 0.25) is 0 Å². The lowest BCUT2D eigenvalue weighted by atomic mass is 9.81. The van der Waals surface area contributed by atoms with Gasteiger partial charge in [0.05, 0.1) is 0 Å². The molecule has 0 nitrogen and oxygen atoms in total. The van der Waals surface area contributed by atoms with E-state index < -0.39 is 0 Å². The minimum absolute atomic E-state index is 0.970.